The van der Waals surface area contributed by atoms with E-state index in [1.54, 1.807) is 60.9 Å². The molecule has 5 nitrogen and oxygen atoms in total. The normalized spacial score (nSPS) is 10.7. The minimum Gasteiger partial charge on any atom is -0.347 e. The number of pyridine rings is 1. The molecule has 2 N–H and O–H groups in total. The van der Waals surface area contributed by atoms with E-state index in [4.69, 9.17) is 0 Å². The van der Waals surface area contributed by atoms with Gasteiger partial charge in [0.15, 0.2) is 0 Å². The third kappa shape index (κ3) is 4.93. The van der Waals surface area contributed by atoms with E-state index in [-0.39, 0.29) is 11.6 Å². The average Bonchev–Trinajstić information content (AvgIpc) is 2.60. The number of rotatable bonds is 6. The van der Waals surface area contributed by atoms with Crippen molar-refractivity contribution in [2.24, 2.45) is 0 Å². The van der Waals surface area contributed by atoms with Gasteiger partial charge in [0.25, 0.3) is 11.8 Å². The second-order valence-corrected chi connectivity index (χ2v) is 4.66. The minimum atomic E-state index is -0.391. The first-order chi connectivity index (χ1) is 11.2. The van der Waals surface area contributed by atoms with Crippen LogP contribution in [0.2, 0.25) is 0 Å². The van der Waals surface area contributed by atoms with Crippen molar-refractivity contribution in [3.05, 3.63) is 84.3 Å². The summed E-state index contributed by atoms with van der Waals surface area (Å²) in [5.41, 5.74) is 1.33. The standard InChI is InChI=1S/C18H17N3O2/c1-2-10-20-18(23)16(12-14-7-6-11-19-13-14)21-17(22)15-8-4-3-5-9-15/h2-9,11-13H,1,10H2,(H,20,23)(H,21,22)/b16-12+. The van der Waals surface area contributed by atoms with Gasteiger partial charge in [0, 0.05) is 24.5 Å². The van der Waals surface area contributed by atoms with Crippen LogP contribution in [-0.2, 0) is 4.79 Å². The predicted molar refractivity (Wildman–Crippen MR) is 89.3 cm³/mol. The summed E-state index contributed by atoms with van der Waals surface area (Å²) in [6.45, 7) is 3.86. The van der Waals surface area contributed by atoms with E-state index in [1.165, 1.54) is 0 Å². The van der Waals surface area contributed by atoms with Gasteiger partial charge < -0.3 is 10.6 Å². The van der Waals surface area contributed by atoms with Crippen LogP contribution >= 0.6 is 0 Å². The van der Waals surface area contributed by atoms with E-state index in [0.29, 0.717) is 17.7 Å². The summed E-state index contributed by atoms with van der Waals surface area (Å²) in [7, 11) is 0. The topological polar surface area (TPSA) is 71.1 Å². The fraction of sp³-hybridized carbons (Fsp3) is 0.0556. The van der Waals surface area contributed by atoms with E-state index in [0.717, 1.165) is 0 Å². The Bertz CT molecular complexity index is 710. The van der Waals surface area contributed by atoms with Gasteiger partial charge in [-0.3, -0.25) is 14.6 Å². The number of carbonyl (C=O) groups excluding carboxylic acids is 2. The highest BCUT2D eigenvalue weighted by Gasteiger charge is 2.13. The van der Waals surface area contributed by atoms with Crippen LogP contribution in [0.25, 0.3) is 6.08 Å². The fourth-order valence-electron chi connectivity index (χ4n) is 1.83. The van der Waals surface area contributed by atoms with Gasteiger partial charge >= 0.3 is 0 Å². The zero-order chi connectivity index (χ0) is 16.5. The Morgan fingerprint density at radius 1 is 1.13 bits per heavy atom. The zero-order valence-corrected chi connectivity index (χ0v) is 12.5. The summed E-state index contributed by atoms with van der Waals surface area (Å²) < 4.78 is 0. The Balaban J connectivity index is 2.23. The molecule has 0 unspecified atom stereocenters. The van der Waals surface area contributed by atoms with Crippen molar-refractivity contribution in [1.82, 2.24) is 15.6 Å². The Hall–Kier alpha value is -3.21. The number of aromatic nitrogens is 1. The molecule has 2 rings (SSSR count). The number of benzene rings is 1. The zero-order valence-electron chi connectivity index (χ0n) is 12.5. The van der Waals surface area contributed by atoms with Crippen LogP contribution in [0, 0.1) is 0 Å². The molecule has 116 valence electrons. The van der Waals surface area contributed by atoms with Gasteiger partial charge in [-0.1, -0.05) is 30.3 Å². The van der Waals surface area contributed by atoms with Gasteiger partial charge in [-0.15, -0.1) is 6.58 Å². The van der Waals surface area contributed by atoms with Crippen LogP contribution in [0.1, 0.15) is 15.9 Å². The molecular formula is C18H17N3O2. The van der Waals surface area contributed by atoms with Gasteiger partial charge in [0.2, 0.25) is 0 Å². The van der Waals surface area contributed by atoms with Crippen LogP contribution in [0.5, 0.6) is 0 Å². The molecule has 0 aliphatic rings. The van der Waals surface area contributed by atoms with E-state index >= 15 is 0 Å². The van der Waals surface area contributed by atoms with Gasteiger partial charge in [-0.25, -0.2) is 0 Å². The second kappa shape index (κ2) is 8.29. The van der Waals surface area contributed by atoms with Crippen molar-refractivity contribution in [2.45, 2.75) is 0 Å². The second-order valence-electron chi connectivity index (χ2n) is 4.66. The number of carbonyl (C=O) groups is 2. The molecule has 0 aliphatic carbocycles. The van der Waals surface area contributed by atoms with Gasteiger partial charge in [-0.2, -0.15) is 0 Å². The van der Waals surface area contributed by atoms with Gasteiger partial charge in [0.1, 0.15) is 5.70 Å². The number of hydrogen-bond acceptors (Lipinski definition) is 3. The number of nitrogens with zero attached hydrogens (tertiary/aromatic N) is 1. The maximum atomic E-state index is 12.3. The maximum absolute atomic E-state index is 12.3. The SMILES string of the molecule is C=CCNC(=O)/C(=C\c1cccnc1)NC(=O)c1ccccc1. The van der Waals surface area contributed by atoms with Gasteiger partial charge in [-0.05, 0) is 29.8 Å². The Labute approximate surface area is 134 Å². The van der Waals surface area contributed by atoms with Crippen molar-refractivity contribution >= 4 is 17.9 Å². The van der Waals surface area contributed by atoms with Crippen molar-refractivity contribution in [3.63, 3.8) is 0 Å². The molecule has 1 heterocycles. The summed E-state index contributed by atoms with van der Waals surface area (Å²) in [6.07, 6.45) is 6.39. The van der Waals surface area contributed by atoms with Crippen molar-refractivity contribution in [1.29, 1.82) is 0 Å². The van der Waals surface area contributed by atoms with E-state index in [9.17, 15) is 9.59 Å². The van der Waals surface area contributed by atoms with Crippen LogP contribution < -0.4 is 10.6 Å². The molecule has 0 radical (unpaired) electrons. The molecule has 1 aromatic carbocycles. The summed E-state index contributed by atoms with van der Waals surface area (Å²) >= 11 is 0. The molecule has 0 aliphatic heterocycles. The Kier molecular flexibility index (Phi) is 5.82. The first kappa shape index (κ1) is 16.2. The van der Waals surface area contributed by atoms with Crippen LogP contribution in [-0.4, -0.2) is 23.3 Å². The summed E-state index contributed by atoms with van der Waals surface area (Å²) in [4.78, 5) is 28.5. The number of hydrogen-bond donors (Lipinski definition) is 2. The van der Waals surface area contributed by atoms with E-state index < -0.39 is 5.91 Å². The van der Waals surface area contributed by atoms with Crippen LogP contribution in [0.3, 0.4) is 0 Å². The highest BCUT2D eigenvalue weighted by Crippen LogP contribution is 2.06. The lowest BCUT2D eigenvalue weighted by molar-refractivity contribution is -0.117. The van der Waals surface area contributed by atoms with Crippen LogP contribution in [0.15, 0.2) is 73.2 Å². The molecule has 0 saturated heterocycles. The lowest BCUT2D eigenvalue weighted by Crippen LogP contribution is -2.34. The number of nitrogens with one attached hydrogen (secondary N) is 2. The fourth-order valence-corrected chi connectivity index (χ4v) is 1.83. The molecule has 0 fully saturated rings. The first-order valence-electron chi connectivity index (χ1n) is 7.08. The van der Waals surface area contributed by atoms with Crippen LogP contribution in [0.4, 0.5) is 0 Å². The molecule has 0 atom stereocenters. The van der Waals surface area contributed by atoms with Crippen molar-refractivity contribution < 1.29 is 9.59 Å². The molecule has 0 spiro atoms. The summed E-state index contributed by atoms with van der Waals surface area (Å²) in [5, 5.41) is 5.29. The summed E-state index contributed by atoms with van der Waals surface area (Å²) in [5.74, 6) is -0.743. The van der Waals surface area contributed by atoms with Crippen molar-refractivity contribution in [3.8, 4) is 0 Å². The highest BCUT2D eigenvalue weighted by molar-refractivity contribution is 6.05. The molecule has 23 heavy (non-hydrogen) atoms. The molecule has 0 saturated carbocycles. The third-order valence-corrected chi connectivity index (χ3v) is 2.93. The predicted octanol–water partition coefficient (Wildman–Crippen LogP) is 2.15. The number of amides is 2. The Morgan fingerprint density at radius 2 is 1.91 bits per heavy atom. The molecule has 5 heteroatoms. The van der Waals surface area contributed by atoms with E-state index in [1.807, 2.05) is 6.07 Å². The smallest absolute Gasteiger partial charge is 0.268 e. The van der Waals surface area contributed by atoms with Crippen molar-refractivity contribution in [2.75, 3.05) is 6.54 Å². The molecule has 2 aromatic rings. The first-order valence-corrected chi connectivity index (χ1v) is 7.08. The third-order valence-electron chi connectivity index (χ3n) is 2.93. The molecule has 1 aromatic heterocycles. The average molecular weight is 307 g/mol. The lowest BCUT2D eigenvalue weighted by atomic mass is 10.2. The maximum Gasteiger partial charge on any atom is 0.268 e. The lowest BCUT2D eigenvalue weighted by Gasteiger charge is -2.10. The molecule has 0 bridgehead atoms. The summed E-state index contributed by atoms with van der Waals surface area (Å²) in [6, 6.07) is 12.2. The molecule has 2 amide bonds. The van der Waals surface area contributed by atoms with Gasteiger partial charge in [0.05, 0.1) is 0 Å². The Morgan fingerprint density at radius 3 is 2.57 bits per heavy atom. The monoisotopic (exact) mass is 307 g/mol. The largest absolute Gasteiger partial charge is 0.347 e. The molecular weight excluding hydrogens is 290 g/mol. The minimum absolute atomic E-state index is 0.147. The highest BCUT2D eigenvalue weighted by atomic mass is 16.2. The van der Waals surface area contributed by atoms with E-state index in [2.05, 4.69) is 22.2 Å². The quantitative estimate of drug-likeness (QED) is 0.634.